The summed E-state index contributed by atoms with van der Waals surface area (Å²) >= 11 is 1.90. The van der Waals surface area contributed by atoms with Crippen LogP contribution in [0, 0.1) is 11.8 Å². The van der Waals surface area contributed by atoms with Crippen molar-refractivity contribution < 1.29 is 14.7 Å². The zero-order chi connectivity index (χ0) is 14.2. The summed E-state index contributed by atoms with van der Waals surface area (Å²) in [5.41, 5.74) is 0. The summed E-state index contributed by atoms with van der Waals surface area (Å²) in [7, 11) is 0. The monoisotopic (exact) mass is 286 g/mol. The molecule has 0 aromatic carbocycles. The van der Waals surface area contributed by atoms with E-state index in [0.717, 1.165) is 13.1 Å². The van der Waals surface area contributed by atoms with Gasteiger partial charge in [-0.05, 0) is 5.92 Å². The van der Waals surface area contributed by atoms with Gasteiger partial charge in [-0.15, -0.1) is 0 Å². The quantitative estimate of drug-likeness (QED) is 0.795. The highest BCUT2D eigenvalue weighted by Crippen LogP contribution is 2.28. The highest BCUT2D eigenvalue weighted by Gasteiger charge is 2.39. The van der Waals surface area contributed by atoms with Crippen LogP contribution < -0.4 is 0 Å². The second-order valence-corrected chi connectivity index (χ2v) is 7.65. The number of carboxylic acids is 1. The highest BCUT2D eigenvalue weighted by molar-refractivity contribution is 8.00. The molecule has 0 bridgehead atoms. The van der Waals surface area contributed by atoms with Crippen LogP contribution in [0.15, 0.2) is 0 Å². The third-order valence-corrected chi connectivity index (χ3v) is 5.12. The molecule has 0 saturated carbocycles. The average molecular weight is 286 g/mol. The smallest absolute Gasteiger partial charge is 0.320 e. The van der Waals surface area contributed by atoms with Crippen molar-refractivity contribution in [3.8, 4) is 0 Å². The molecule has 0 radical (unpaired) electrons. The van der Waals surface area contributed by atoms with Crippen molar-refractivity contribution in [2.75, 3.05) is 26.2 Å². The van der Waals surface area contributed by atoms with Crippen LogP contribution in [0.3, 0.4) is 0 Å². The van der Waals surface area contributed by atoms with Crippen LogP contribution in [0.4, 0.5) is 4.79 Å². The lowest BCUT2D eigenvalue weighted by Crippen LogP contribution is -2.49. The molecule has 1 N–H and O–H groups in total. The van der Waals surface area contributed by atoms with Crippen LogP contribution in [0.1, 0.15) is 20.8 Å². The first kappa shape index (κ1) is 14.5. The van der Waals surface area contributed by atoms with Gasteiger partial charge in [-0.2, -0.15) is 11.8 Å². The molecule has 0 spiro atoms. The number of aliphatic carboxylic acids is 1. The number of carbonyl (C=O) groups excluding carboxylic acids is 1. The van der Waals surface area contributed by atoms with Gasteiger partial charge in [0.25, 0.3) is 0 Å². The molecule has 2 rings (SSSR count). The molecule has 2 heterocycles. The van der Waals surface area contributed by atoms with Crippen molar-refractivity contribution in [2.24, 2.45) is 11.8 Å². The Hall–Kier alpha value is -0.910. The Balaban J connectivity index is 1.99. The van der Waals surface area contributed by atoms with Gasteiger partial charge in [0.1, 0.15) is 0 Å². The van der Waals surface area contributed by atoms with E-state index in [4.69, 9.17) is 5.11 Å². The Morgan fingerprint density at radius 2 is 1.53 bits per heavy atom. The third kappa shape index (κ3) is 3.16. The predicted molar refractivity (Wildman–Crippen MR) is 75.3 cm³/mol. The Bertz CT molecular complexity index is 367. The number of likely N-dealkylation sites (tertiary alicyclic amines) is 1. The van der Waals surface area contributed by atoms with Crippen LogP contribution in [0.5, 0.6) is 0 Å². The van der Waals surface area contributed by atoms with Crippen molar-refractivity contribution in [2.45, 2.75) is 31.3 Å². The number of hydrogen-bond donors (Lipinski definition) is 1. The normalized spacial score (nSPS) is 35.5. The standard InChI is InChI=1S/C13H22N2O3S/c1-8-4-14(7-11(8)12(16)17)13(18)15-5-9(2)19-10(3)6-15/h8-11H,4-7H2,1-3H3,(H,16,17). The molecule has 2 saturated heterocycles. The summed E-state index contributed by atoms with van der Waals surface area (Å²) in [6.45, 7) is 8.60. The van der Waals surface area contributed by atoms with E-state index >= 15 is 0 Å². The van der Waals surface area contributed by atoms with E-state index in [-0.39, 0.29) is 11.9 Å². The second kappa shape index (κ2) is 5.61. The molecule has 2 amide bonds. The lowest BCUT2D eigenvalue weighted by atomic mass is 9.99. The topological polar surface area (TPSA) is 60.9 Å². The minimum atomic E-state index is -0.793. The molecule has 5 nitrogen and oxygen atoms in total. The number of carbonyl (C=O) groups is 2. The van der Waals surface area contributed by atoms with Crippen molar-refractivity contribution >= 4 is 23.8 Å². The van der Waals surface area contributed by atoms with Crippen LogP contribution in [-0.2, 0) is 4.79 Å². The Labute approximate surface area is 118 Å². The van der Waals surface area contributed by atoms with Gasteiger partial charge in [0.05, 0.1) is 5.92 Å². The van der Waals surface area contributed by atoms with Gasteiger partial charge in [0, 0.05) is 36.7 Å². The summed E-state index contributed by atoms with van der Waals surface area (Å²) in [6, 6.07) is 0.00889. The van der Waals surface area contributed by atoms with E-state index in [1.807, 2.05) is 23.6 Å². The number of thioether (sulfide) groups is 1. The van der Waals surface area contributed by atoms with E-state index < -0.39 is 11.9 Å². The molecule has 2 fully saturated rings. The fraction of sp³-hybridized carbons (Fsp3) is 0.846. The molecule has 2 aliphatic rings. The van der Waals surface area contributed by atoms with Gasteiger partial charge in [0.2, 0.25) is 0 Å². The minimum Gasteiger partial charge on any atom is -0.481 e. The fourth-order valence-corrected chi connectivity index (χ4v) is 4.30. The lowest BCUT2D eigenvalue weighted by Gasteiger charge is -2.36. The third-order valence-electron chi connectivity index (χ3n) is 3.89. The largest absolute Gasteiger partial charge is 0.481 e. The number of nitrogens with zero attached hydrogens (tertiary/aromatic N) is 2. The first-order valence-corrected chi connectivity index (χ1v) is 7.75. The van der Waals surface area contributed by atoms with Crippen molar-refractivity contribution in [3.05, 3.63) is 0 Å². The maximum absolute atomic E-state index is 12.5. The van der Waals surface area contributed by atoms with Crippen molar-refractivity contribution in [3.63, 3.8) is 0 Å². The molecular formula is C13H22N2O3S. The van der Waals surface area contributed by atoms with Crippen LogP contribution in [-0.4, -0.2) is 63.6 Å². The first-order valence-electron chi connectivity index (χ1n) is 6.80. The number of urea groups is 1. The SMILES string of the molecule is CC1CN(C(=O)N2CC(C)C(C(=O)O)C2)CC(C)S1. The van der Waals surface area contributed by atoms with Crippen LogP contribution in [0.2, 0.25) is 0 Å². The minimum absolute atomic E-state index is 0.00889. The van der Waals surface area contributed by atoms with Gasteiger partial charge in [-0.1, -0.05) is 20.8 Å². The zero-order valence-electron chi connectivity index (χ0n) is 11.7. The van der Waals surface area contributed by atoms with E-state index in [2.05, 4.69) is 13.8 Å². The van der Waals surface area contributed by atoms with Gasteiger partial charge < -0.3 is 14.9 Å². The predicted octanol–water partition coefficient (Wildman–Crippen LogP) is 1.58. The molecule has 2 aliphatic heterocycles. The molecule has 0 aromatic rings. The fourth-order valence-electron chi connectivity index (χ4n) is 2.98. The number of carboxylic acid groups (broad SMARTS) is 1. The summed E-state index contributed by atoms with van der Waals surface area (Å²) in [6.07, 6.45) is 0. The molecule has 4 unspecified atom stereocenters. The molecule has 4 atom stereocenters. The zero-order valence-corrected chi connectivity index (χ0v) is 12.5. The number of amides is 2. The number of hydrogen-bond acceptors (Lipinski definition) is 3. The van der Waals surface area contributed by atoms with Crippen molar-refractivity contribution in [1.82, 2.24) is 9.80 Å². The second-order valence-electron chi connectivity index (χ2n) is 5.77. The highest BCUT2D eigenvalue weighted by atomic mass is 32.2. The molecule has 0 aliphatic carbocycles. The maximum Gasteiger partial charge on any atom is 0.320 e. The lowest BCUT2D eigenvalue weighted by molar-refractivity contribution is -0.142. The Kier molecular flexibility index (Phi) is 4.28. The molecule has 6 heteroatoms. The number of rotatable bonds is 1. The summed E-state index contributed by atoms with van der Waals surface area (Å²) in [5, 5.41) is 10.0. The first-order chi connectivity index (χ1) is 8.88. The molecule has 19 heavy (non-hydrogen) atoms. The van der Waals surface area contributed by atoms with E-state index in [9.17, 15) is 9.59 Å². The Morgan fingerprint density at radius 1 is 1.00 bits per heavy atom. The molecule has 108 valence electrons. The van der Waals surface area contributed by atoms with Gasteiger partial charge >= 0.3 is 12.0 Å². The van der Waals surface area contributed by atoms with Gasteiger partial charge in [-0.3, -0.25) is 4.79 Å². The van der Waals surface area contributed by atoms with E-state index in [1.165, 1.54) is 0 Å². The summed E-state index contributed by atoms with van der Waals surface area (Å²) in [5.74, 6) is -1.17. The maximum atomic E-state index is 12.5. The van der Waals surface area contributed by atoms with E-state index in [1.54, 1.807) is 4.90 Å². The summed E-state index contributed by atoms with van der Waals surface area (Å²) < 4.78 is 0. The van der Waals surface area contributed by atoms with E-state index in [0.29, 0.717) is 23.6 Å². The summed E-state index contributed by atoms with van der Waals surface area (Å²) in [4.78, 5) is 27.1. The van der Waals surface area contributed by atoms with Crippen LogP contribution in [0.25, 0.3) is 0 Å². The van der Waals surface area contributed by atoms with Crippen molar-refractivity contribution in [1.29, 1.82) is 0 Å². The molecular weight excluding hydrogens is 264 g/mol. The average Bonchev–Trinajstić information content (AvgIpc) is 2.69. The molecule has 0 aromatic heterocycles. The Morgan fingerprint density at radius 3 is 2.00 bits per heavy atom. The van der Waals surface area contributed by atoms with Crippen LogP contribution >= 0.6 is 11.8 Å². The van der Waals surface area contributed by atoms with Gasteiger partial charge in [0.15, 0.2) is 0 Å². The van der Waals surface area contributed by atoms with Gasteiger partial charge in [-0.25, -0.2) is 4.79 Å².